The monoisotopic (exact) mass is 286 g/mol. The van der Waals surface area contributed by atoms with Crippen LogP contribution in [0.2, 0.25) is 0 Å². The zero-order valence-corrected chi connectivity index (χ0v) is 12.5. The van der Waals surface area contributed by atoms with Gasteiger partial charge in [-0.3, -0.25) is 4.79 Å². The van der Waals surface area contributed by atoms with Gasteiger partial charge in [0.05, 0.1) is 0 Å². The Hall–Kier alpha value is -0.490. The molecule has 20 heavy (non-hydrogen) atoms. The second-order valence-corrected chi connectivity index (χ2v) is 5.55. The average molecular weight is 286 g/mol. The van der Waals surface area contributed by atoms with Crippen molar-refractivity contribution in [2.24, 2.45) is 0 Å². The summed E-state index contributed by atoms with van der Waals surface area (Å²) in [6.45, 7) is 4.96. The quantitative estimate of drug-likeness (QED) is 0.750. The molecule has 0 aliphatic carbocycles. The molecule has 0 aromatic rings. The summed E-state index contributed by atoms with van der Waals surface area (Å²) in [6, 6.07) is 0. The third-order valence-corrected chi connectivity index (χ3v) is 3.79. The minimum absolute atomic E-state index is 0.0478. The van der Waals surface area contributed by atoms with Gasteiger partial charge in [-0.1, -0.05) is 0 Å². The summed E-state index contributed by atoms with van der Waals surface area (Å²) in [7, 11) is 0. The standard InChI is InChI=1S/C15H26O5/c1-11(19-13-7-3-5-9-17-13)15(16)12(2)20-14-8-4-6-10-18-14/h11-14H,3-10H2,1-2H3. The maximum atomic E-state index is 12.2. The van der Waals surface area contributed by atoms with Crippen molar-refractivity contribution in [2.45, 2.75) is 77.2 Å². The van der Waals surface area contributed by atoms with Crippen molar-refractivity contribution in [3.8, 4) is 0 Å². The zero-order valence-electron chi connectivity index (χ0n) is 12.5. The zero-order chi connectivity index (χ0) is 14.4. The minimum atomic E-state index is -0.503. The number of Topliss-reactive ketones (excluding diaryl/α,β-unsaturated/α-hetero) is 1. The van der Waals surface area contributed by atoms with Crippen LogP contribution < -0.4 is 0 Å². The maximum Gasteiger partial charge on any atom is 0.189 e. The van der Waals surface area contributed by atoms with Crippen LogP contribution in [0.25, 0.3) is 0 Å². The summed E-state index contributed by atoms with van der Waals surface area (Å²) in [5.41, 5.74) is 0. The molecule has 0 radical (unpaired) electrons. The number of hydrogen-bond acceptors (Lipinski definition) is 5. The largest absolute Gasteiger partial charge is 0.353 e. The first-order valence-electron chi connectivity index (χ1n) is 7.74. The van der Waals surface area contributed by atoms with Gasteiger partial charge in [0.2, 0.25) is 0 Å². The van der Waals surface area contributed by atoms with E-state index in [-0.39, 0.29) is 18.4 Å². The highest BCUT2D eigenvalue weighted by atomic mass is 16.7. The molecule has 2 aliphatic heterocycles. The van der Waals surface area contributed by atoms with Crippen LogP contribution in [0.1, 0.15) is 52.4 Å². The molecule has 2 fully saturated rings. The molecule has 0 saturated carbocycles. The summed E-state index contributed by atoms with van der Waals surface area (Å²) >= 11 is 0. The van der Waals surface area contributed by atoms with Gasteiger partial charge >= 0.3 is 0 Å². The minimum Gasteiger partial charge on any atom is -0.353 e. The van der Waals surface area contributed by atoms with E-state index in [1.165, 1.54) is 0 Å². The van der Waals surface area contributed by atoms with Crippen molar-refractivity contribution in [3.63, 3.8) is 0 Å². The van der Waals surface area contributed by atoms with Crippen molar-refractivity contribution in [2.75, 3.05) is 13.2 Å². The Kier molecular flexibility index (Phi) is 6.42. The molecule has 0 spiro atoms. The lowest BCUT2D eigenvalue weighted by molar-refractivity contribution is -0.208. The number of carbonyl (C=O) groups excluding carboxylic acids is 1. The van der Waals surface area contributed by atoms with Gasteiger partial charge in [0.1, 0.15) is 12.2 Å². The molecule has 2 aliphatic rings. The van der Waals surface area contributed by atoms with Crippen LogP contribution in [-0.4, -0.2) is 43.8 Å². The van der Waals surface area contributed by atoms with E-state index in [1.807, 2.05) is 0 Å². The molecule has 4 atom stereocenters. The van der Waals surface area contributed by atoms with Gasteiger partial charge in [-0.05, 0) is 52.4 Å². The number of hydrogen-bond donors (Lipinski definition) is 0. The highest BCUT2D eigenvalue weighted by Crippen LogP contribution is 2.19. The van der Waals surface area contributed by atoms with Gasteiger partial charge in [-0.15, -0.1) is 0 Å². The van der Waals surface area contributed by atoms with Gasteiger partial charge in [-0.2, -0.15) is 0 Å². The lowest BCUT2D eigenvalue weighted by Crippen LogP contribution is -2.39. The average Bonchev–Trinajstić information content (AvgIpc) is 2.48. The lowest BCUT2D eigenvalue weighted by Gasteiger charge is -2.29. The molecule has 116 valence electrons. The molecule has 2 saturated heterocycles. The topological polar surface area (TPSA) is 54.0 Å². The van der Waals surface area contributed by atoms with Crippen molar-refractivity contribution >= 4 is 5.78 Å². The molecular formula is C15H26O5. The van der Waals surface area contributed by atoms with Crippen LogP contribution in [-0.2, 0) is 23.7 Å². The van der Waals surface area contributed by atoms with Crippen LogP contribution >= 0.6 is 0 Å². The molecule has 0 aromatic carbocycles. The van der Waals surface area contributed by atoms with E-state index in [0.29, 0.717) is 13.2 Å². The van der Waals surface area contributed by atoms with Gasteiger partial charge in [0.25, 0.3) is 0 Å². The van der Waals surface area contributed by atoms with Crippen LogP contribution in [0, 0.1) is 0 Å². The fraction of sp³-hybridized carbons (Fsp3) is 0.933. The fourth-order valence-electron chi connectivity index (χ4n) is 2.56. The van der Waals surface area contributed by atoms with E-state index in [1.54, 1.807) is 13.8 Å². The normalized spacial score (nSPS) is 30.7. The van der Waals surface area contributed by atoms with Crippen molar-refractivity contribution in [1.82, 2.24) is 0 Å². The lowest BCUT2D eigenvalue weighted by atomic mass is 10.1. The van der Waals surface area contributed by atoms with Gasteiger partial charge in [-0.25, -0.2) is 0 Å². The molecule has 0 amide bonds. The summed E-state index contributed by atoms with van der Waals surface area (Å²) in [4.78, 5) is 12.2. The number of carbonyl (C=O) groups is 1. The molecular weight excluding hydrogens is 260 g/mol. The highest BCUT2D eigenvalue weighted by molar-refractivity contribution is 5.86. The van der Waals surface area contributed by atoms with E-state index in [2.05, 4.69) is 0 Å². The number of ketones is 1. The Balaban J connectivity index is 1.73. The third-order valence-electron chi connectivity index (χ3n) is 3.79. The summed E-state index contributed by atoms with van der Waals surface area (Å²) < 4.78 is 22.3. The molecule has 2 rings (SSSR count). The molecule has 0 aromatic heterocycles. The number of ether oxygens (including phenoxy) is 4. The van der Waals surface area contributed by atoms with Gasteiger partial charge < -0.3 is 18.9 Å². The van der Waals surface area contributed by atoms with Crippen molar-refractivity contribution < 1.29 is 23.7 Å². The van der Waals surface area contributed by atoms with Gasteiger partial charge in [0.15, 0.2) is 18.4 Å². The molecule has 0 bridgehead atoms. The molecule has 0 N–H and O–H groups in total. The van der Waals surface area contributed by atoms with E-state index < -0.39 is 12.2 Å². The molecule has 2 heterocycles. The first kappa shape index (κ1) is 15.9. The second-order valence-electron chi connectivity index (χ2n) is 5.55. The van der Waals surface area contributed by atoms with Crippen molar-refractivity contribution in [3.05, 3.63) is 0 Å². The second kappa shape index (κ2) is 8.08. The highest BCUT2D eigenvalue weighted by Gasteiger charge is 2.28. The fourth-order valence-corrected chi connectivity index (χ4v) is 2.56. The summed E-state index contributed by atoms with van der Waals surface area (Å²) in [5, 5.41) is 0. The van der Waals surface area contributed by atoms with Crippen LogP contribution in [0.5, 0.6) is 0 Å². The van der Waals surface area contributed by atoms with E-state index >= 15 is 0 Å². The Morgan fingerprint density at radius 3 is 1.70 bits per heavy atom. The van der Waals surface area contributed by atoms with Crippen molar-refractivity contribution in [1.29, 1.82) is 0 Å². The summed E-state index contributed by atoms with van der Waals surface area (Å²) in [5.74, 6) is -0.0478. The van der Waals surface area contributed by atoms with E-state index in [0.717, 1.165) is 38.5 Å². The number of rotatable bonds is 6. The van der Waals surface area contributed by atoms with E-state index in [4.69, 9.17) is 18.9 Å². The molecule has 4 unspecified atom stereocenters. The van der Waals surface area contributed by atoms with Gasteiger partial charge in [0, 0.05) is 13.2 Å². The van der Waals surface area contributed by atoms with E-state index in [9.17, 15) is 4.79 Å². The maximum absolute atomic E-state index is 12.2. The van der Waals surface area contributed by atoms with Crippen LogP contribution in [0.3, 0.4) is 0 Å². The summed E-state index contributed by atoms with van der Waals surface area (Å²) in [6.07, 6.45) is 4.54. The predicted molar refractivity (Wildman–Crippen MR) is 73.3 cm³/mol. The predicted octanol–water partition coefficient (Wildman–Crippen LogP) is 2.42. The Bertz CT molecular complexity index is 267. The Morgan fingerprint density at radius 1 is 0.900 bits per heavy atom. The smallest absolute Gasteiger partial charge is 0.189 e. The van der Waals surface area contributed by atoms with Crippen LogP contribution in [0.4, 0.5) is 0 Å². The first-order valence-corrected chi connectivity index (χ1v) is 7.74. The Morgan fingerprint density at radius 2 is 1.35 bits per heavy atom. The van der Waals surface area contributed by atoms with Crippen LogP contribution in [0.15, 0.2) is 0 Å². The first-order chi connectivity index (χ1) is 9.66. The Labute approximate surface area is 120 Å². The third kappa shape index (κ3) is 4.81. The SMILES string of the molecule is CC(OC1CCCCO1)C(=O)C(C)OC1CCCCO1. The molecule has 5 heteroatoms. The molecule has 5 nitrogen and oxygen atoms in total.